The highest BCUT2D eigenvalue weighted by Crippen LogP contribution is 2.25. The van der Waals surface area contributed by atoms with E-state index in [1.807, 2.05) is 0 Å². The molecular weight excluding hydrogens is 266 g/mol. The number of morpholine rings is 1. The summed E-state index contributed by atoms with van der Waals surface area (Å²) in [7, 11) is 0. The maximum Gasteiger partial charge on any atom is 0.131 e. The molecule has 0 aromatic heterocycles. The predicted molar refractivity (Wildman–Crippen MR) is 75.2 cm³/mol. The van der Waals surface area contributed by atoms with Crippen LogP contribution in [0, 0.1) is 5.41 Å². The summed E-state index contributed by atoms with van der Waals surface area (Å²) in [5.41, 5.74) is 5.99. The second-order valence-electron chi connectivity index (χ2n) is 4.33. The molecule has 5 nitrogen and oxygen atoms in total. The minimum absolute atomic E-state index is 0.0769. The van der Waals surface area contributed by atoms with Crippen LogP contribution < -0.4 is 10.5 Å². The van der Waals surface area contributed by atoms with E-state index in [4.69, 9.17) is 32.2 Å². The van der Waals surface area contributed by atoms with Crippen molar-refractivity contribution in [2.75, 3.05) is 39.5 Å². The van der Waals surface area contributed by atoms with Crippen molar-refractivity contribution >= 4 is 17.4 Å². The summed E-state index contributed by atoms with van der Waals surface area (Å²) in [4.78, 5) is 2.28. The van der Waals surface area contributed by atoms with Gasteiger partial charge in [-0.25, -0.2) is 0 Å². The highest BCUT2D eigenvalue weighted by atomic mass is 35.5. The van der Waals surface area contributed by atoms with Gasteiger partial charge in [0.05, 0.1) is 23.8 Å². The Morgan fingerprint density at radius 3 is 2.84 bits per heavy atom. The lowest BCUT2D eigenvalue weighted by Gasteiger charge is -2.26. The van der Waals surface area contributed by atoms with E-state index in [1.165, 1.54) is 0 Å². The zero-order chi connectivity index (χ0) is 13.7. The predicted octanol–water partition coefficient (Wildman–Crippen LogP) is 1.34. The van der Waals surface area contributed by atoms with Gasteiger partial charge in [0, 0.05) is 19.6 Å². The minimum atomic E-state index is -0.0769. The van der Waals surface area contributed by atoms with Crippen LogP contribution in [-0.2, 0) is 4.74 Å². The molecule has 0 aliphatic carbocycles. The third kappa shape index (κ3) is 3.83. The van der Waals surface area contributed by atoms with Crippen LogP contribution in [0.2, 0.25) is 5.02 Å². The fourth-order valence-corrected chi connectivity index (χ4v) is 2.26. The number of ether oxygens (including phenoxy) is 2. The molecule has 1 aromatic rings. The molecular formula is C13H18ClN3O2. The zero-order valence-corrected chi connectivity index (χ0v) is 11.4. The number of nitrogens with zero attached hydrogens (tertiary/aromatic N) is 1. The second-order valence-corrected chi connectivity index (χ2v) is 4.74. The fourth-order valence-electron chi connectivity index (χ4n) is 2.00. The third-order valence-electron chi connectivity index (χ3n) is 3.01. The molecule has 0 unspecified atom stereocenters. The molecule has 1 saturated heterocycles. The van der Waals surface area contributed by atoms with Crippen LogP contribution in [0.5, 0.6) is 5.75 Å². The van der Waals surface area contributed by atoms with Crippen LogP contribution in [0.3, 0.4) is 0 Å². The van der Waals surface area contributed by atoms with Crippen LogP contribution in [0.4, 0.5) is 0 Å². The molecule has 2 rings (SSSR count). The Morgan fingerprint density at radius 1 is 1.42 bits per heavy atom. The van der Waals surface area contributed by atoms with Crippen molar-refractivity contribution in [3.05, 3.63) is 28.8 Å². The highest BCUT2D eigenvalue weighted by Gasteiger charge is 2.13. The molecule has 0 radical (unpaired) electrons. The molecule has 6 heteroatoms. The minimum Gasteiger partial charge on any atom is -0.491 e. The first-order valence-electron chi connectivity index (χ1n) is 6.24. The topological polar surface area (TPSA) is 71.6 Å². The Bertz CT molecular complexity index is 448. The van der Waals surface area contributed by atoms with Gasteiger partial charge in [-0.1, -0.05) is 17.7 Å². The van der Waals surface area contributed by atoms with E-state index < -0.39 is 0 Å². The number of rotatable bonds is 5. The third-order valence-corrected chi connectivity index (χ3v) is 3.33. The molecule has 1 fully saturated rings. The monoisotopic (exact) mass is 283 g/mol. The number of halogens is 1. The average molecular weight is 284 g/mol. The van der Waals surface area contributed by atoms with Gasteiger partial charge < -0.3 is 15.2 Å². The molecule has 0 bridgehead atoms. The van der Waals surface area contributed by atoms with Gasteiger partial charge in [0.25, 0.3) is 0 Å². The first-order chi connectivity index (χ1) is 9.18. The van der Waals surface area contributed by atoms with Crippen molar-refractivity contribution in [1.29, 1.82) is 5.41 Å². The van der Waals surface area contributed by atoms with Crippen LogP contribution in [0.25, 0.3) is 0 Å². The van der Waals surface area contributed by atoms with Crippen molar-refractivity contribution in [2.45, 2.75) is 0 Å². The maximum atomic E-state index is 7.53. The first kappa shape index (κ1) is 14.1. The van der Waals surface area contributed by atoms with Crippen molar-refractivity contribution in [1.82, 2.24) is 4.90 Å². The number of hydrogen-bond acceptors (Lipinski definition) is 4. The lowest BCUT2D eigenvalue weighted by atomic mass is 10.2. The second kappa shape index (κ2) is 6.75. The summed E-state index contributed by atoms with van der Waals surface area (Å²) in [5, 5.41) is 7.98. The van der Waals surface area contributed by atoms with Gasteiger partial charge in [-0.05, 0) is 12.1 Å². The molecule has 0 amide bonds. The number of hydrogen-bond donors (Lipinski definition) is 2. The van der Waals surface area contributed by atoms with E-state index in [0.717, 1.165) is 32.8 Å². The smallest absolute Gasteiger partial charge is 0.131 e. The number of amidine groups is 1. The summed E-state index contributed by atoms with van der Waals surface area (Å²) in [6.45, 7) is 4.77. The van der Waals surface area contributed by atoms with Crippen LogP contribution >= 0.6 is 11.6 Å². The van der Waals surface area contributed by atoms with Gasteiger partial charge in [-0.2, -0.15) is 0 Å². The van der Waals surface area contributed by atoms with E-state index in [2.05, 4.69) is 4.90 Å². The van der Waals surface area contributed by atoms with Crippen LogP contribution in [0.1, 0.15) is 5.56 Å². The van der Waals surface area contributed by atoms with Crippen molar-refractivity contribution < 1.29 is 9.47 Å². The molecule has 1 aromatic carbocycles. The van der Waals surface area contributed by atoms with E-state index in [9.17, 15) is 0 Å². The van der Waals surface area contributed by atoms with E-state index in [-0.39, 0.29) is 5.84 Å². The van der Waals surface area contributed by atoms with Crippen molar-refractivity contribution in [3.63, 3.8) is 0 Å². The Balaban J connectivity index is 1.92. The van der Waals surface area contributed by atoms with Crippen LogP contribution in [0.15, 0.2) is 18.2 Å². The van der Waals surface area contributed by atoms with Crippen LogP contribution in [-0.4, -0.2) is 50.2 Å². The van der Waals surface area contributed by atoms with Gasteiger partial charge in [-0.3, -0.25) is 10.3 Å². The zero-order valence-electron chi connectivity index (χ0n) is 10.7. The summed E-state index contributed by atoms with van der Waals surface area (Å²) < 4.78 is 11.0. The molecule has 1 aliphatic heterocycles. The Morgan fingerprint density at radius 2 is 2.16 bits per heavy atom. The Kier molecular flexibility index (Phi) is 5.01. The van der Waals surface area contributed by atoms with Crippen molar-refractivity contribution in [3.8, 4) is 5.75 Å². The average Bonchev–Trinajstić information content (AvgIpc) is 2.39. The molecule has 0 atom stereocenters. The van der Waals surface area contributed by atoms with E-state index >= 15 is 0 Å². The quantitative estimate of drug-likeness (QED) is 0.632. The van der Waals surface area contributed by atoms with E-state index in [1.54, 1.807) is 18.2 Å². The SMILES string of the molecule is N=C(N)c1c(Cl)cccc1OCCN1CCOCC1. The number of nitrogens with one attached hydrogen (secondary N) is 1. The highest BCUT2D eigenvalue weighted by molar-refractivity contribution is 6.34. The Hall–Kier alpha value is -1.30. The lowest BCUT2D eigenvalue weighted by Crippen LogP contribution is -2.38. The standard InChI is InChI=1S/C13H18ClN3O2/c14-10-2-1-3-11(12(10)13(15)16)19-9-6-17-4-7-18-8-5-17/h1-3H,4-9H2,(H3,15,16). The van der Waals surface area contributed by atoms with Gasteiger partial charge in [0.1, 0.15) is 18.2 Å². The largest absolute Gasteiger partial charge is 0.491 e. The molecule has 104 valence electrons. The van der Waals surface area contributed by atoms with Gasteiger partial charge in [0.2, 0.25) is 0 Å². The number of benzene rings is 1. The molecule has 1 heterocycles. The fraction of sp³-hybridized carbons (Fsp3) is 0.462. The first-order valence-corrected chi connectivity index (χ1v) is 6.62. The van der Waals surface area contributed by atoms with E-state index in [0.29, 0.717) is 22.9 Å². The maximum absolute atomic E-state index is 7.53. The Labute approximate surface area is 117 Å². The molecule has 0 spiro atoms. The van der Waals surface area contributed by atoms with Gasteiger partial charge in [0.15, 0.2) is 0 Å². The summed E-state index contributed by atoms with van der Waals surface area (Å²) >= 11 is 6.02. The number of nitrogen functional groups attached to an aromatic ring is 1. The summed E-state index contributed by atoms with van der Waals surface area (Å²) in [5.74, 6) is 0.486. The molecule has 19 heavy (non-hydrogen) atoms. The molecule has 1 aliphatic rings. The number of nitrogens with two attached hydrogens (primary N) is 1. The molecule has 3 N–H and O–H groups in total. The summed E-state index contributed by atoms with van der Waals surface area (Å²) in [6, 6.07) is 5.27. The summed E-state index contributed by atoms with van der Waals surface area (Å²) in [6.07, 6.45) is 0. The molecule has 0 saturated carbocycles. The van der Waals surface area contributed by atoms with Gasteiger partial charge in [-0.15, -0.1) is 0 Å². The van der Waals surface area contributed by atoms with Crippen molar-refractivity contribution in [2.24, 2.45) is 5.73 Å². The normalized spacial score (nSPS) is 16.3. The lowest BCUT2D eigenvalue weighted by molar-refractivity contribution is 0.0322. The van der Waals surface area contributed by atoms with Gasteiger partial charge >= 0.3 is 0 Å².